The van der Waals surface area contributed by atoms with Gasteiger partial charge in [-0.2, -0.15) is 0 Å². The molecular weight excluding hydrogens is 625 g/mol. The molecule has 0 aliphatic carbocycles. The molecule has 0 radical (unpaired) electrons. The first-order chi connectivity index (χ1) is 16.6. The van der Waals surface area contributed by atoms with E-state index in [1.807, 2.05) is 122 Å². The van der Waals surface area contributed by atoms with Crippen molar-refractivity contribution >= 4 is 98.2 Å². The third-order valence-electron chi connectivity index (χ3n) is 3.84. The number of hydrogen-bond donors (Lipinski definition) is 0. The van der Waals surface area contributed by atoms with Gasteiger partial charge in [0.05, 0.1) is 0 Å². The van der Waals surface area contributed by atoms with Gasteiger partial charge in [0, 0.05) is 63.2 Å². The Hall–Kier alpha value is 2.99. The second-order valence-electron chi connectivity index (χ2n) is 6.22. The third kappa shape index (κ3) is 19.1. The zero-order valence-electron chi connectivity index (χ0n) is 21.2. The zero-order valence-corrected chi connectivity index (χ0v) is 29.7. The standard InChI is InChI=1S/C18H42O6S8Si2/c1-7-19-33(20-8-2,21-9-3)17-13-15-25-27-29-31-32-30-28-26-16-14-18-34(22-10-4,23-11-5)24-12-6/h7-18H2,1-6H3. The second-order valence-corrected chi connectivity index (χ2v) is 25.0. The summed E-state index contributed by atoms with van der Waals surface area (Å²) in [7, 11) is 9.74. The molecule has 0 amide bonds. The van der Waals surface area contributed by atoms with E-state index in [2.05, 4.69) is 0 Å². The van der Waals surface area contributed by atoms with Crippen molar-refractivity contribution < 1.29 is 26.6 Å². The molecule has 34 heavy (non-hydrogen) atoms. The fourth-order valence-corrected chi connectivity index (χ4v) is 25.7. The van der Waals surface area contributed by atoms with E-state index < -0.39 is 17.6 Å². The average Bonchev–Trinajstić information content (AvgIpc) is 2.80. The Morgan fingerprint density at radius 1 is 0.412 bits per heavy atom. The van der Waals surface area contributed by atoms with Crippen molar-refractivity contribution in [1.82, 2.24) is 0 Å². The lowest BCUT2D eigenvalue weighted by Gasteiger charge is -2.28. The Morgan fingerprint density at radius 3 is 0.941 bits per heavy atom. The zero-order chi connectivity index (χ0) is 25.4. The van der Waals surface area contributed by atoms with E-state index in [4.69, 9.17) is 26.6 Å². The van der Waals surface area contributed by atoms with Crippen LogP contribution >= 0.6 is 80.5 Å². The highest BCUT2D eigenvalue weighted by Gasteiger charge is 2.40. The molecule has 206 valence electrons. The quantitative estimate of drug-likeness (QED) is 0.0476. The number of rotatable bonds is 27. The van der Waals surface area contributed by atoms with Gasteiger partial charge in [0.15, 0.2) is 0 Å². The lowest BCUT2D eigenvalue weighted by atomic mass is 10.6. The molecule has 0 unspecified atom stereocenters. The average molecular weight is 667 g/mol. The minimum atomic E-state index is -2.49. The molecule has 0 N–H and O–H groups in total. The summed E-state index contributed by atoms with van der Waals surface area (Å²) in [6.45, 7) is 15.9. The van der Waals surface area contributed by atoms with Gasteiger partial charge < -0.3 is 26.6 Å². The Kier molecular flexibility index (Phi) is 28.5. The first-order valence-electron chi connectivity index (χ1n) is 11.7. The monoisotopic (exact) mass is 666 g/mol. The highest BCUT2D eigenvalue weighted by molar-refractivity contribution is 9.48. The summed E-state index contributed by atoms with van der Waals surface area (Å²) < 4.78 is 35.5. The highest BCUT2D eigenvalue weighted by Crippen LogP contribution is 2.57. The van der Waals surface area contributed by atoms with E-state index >= 15 is 0 Å². The van der Waals surface area contributed by atoms with E-state index in [1.54, 1.807) is 0 Å². The van der Waals surface area contributed by atoms with Crippen LogP contribution in [0.2, 0.25) is 12.1 Å². The molecule has 0 saturated heterocycles. The van der Waals surface area contributed by atoms with E-state index in [1.165, 1.54) is 0 Å². The van der Waals surface area contributed by atoms with Crippen LogP contribution in [0.4, 0.5) is 0 Å². The Morgan fingerprint density at radius 2 is 0.676 bits per heavy atom. The summed E-state index contributed by atoms with van der Waals surface area (Å²) >= 11 is 0. The van der Waals surface area contributed by atoms with E-state index in [-0.39, 0.29) is 0 Å². The summed E-state index contributed by atoms with van der Waals surface area (Å²) in [5.41, 5.74) is 0. The minimum absolute atomic E-state index is 0.641. The van der Waals surface area contributed by atoms with Crippen LogP contribution in [0.25, 0.3) is 0 Å². The summed E-state index contributed by atoms with van der Waals surface area (Å²) in [5.74, 6) is 2.14. The first kappa shape index (κ1) is 37.0. The molecule has 0 aromatic heterocycles. The molecule has 0 heterocycles. The molecule has 0 spiro atoms. The number of hydrogen-bond acceptors (Lipinski definition) is 14. The minimum Gasteiger partial charge on any atom is -0.374 e. The molecule has 0 fully saturated rings. The molecule has 0 aliphatic heterocycles. The summed E-state index contributed by atoms with van der Waals surface area (Å²) in [4.78, 5) is 0. The van der Waals surface area contributed by atoms with Gasteiger partial charge in [-0.05, 0) is 113 Å². The molecular formula is C18H42O6S8Si2. The highest BCUT2D eigenvalue weighted by atomic mass is 34.0. The fourth-order valence-electron chi connectivity index (χ4n) is 2.85. The van der Waals surface area contributed by atoms with Gasteiger partial charge >= 0.3 is 17.6 Å². The summed E-state index contributed by atoms with van der Waals surface area (Å²) in [6.07, 6.45) is 2.09. The maximum Gasteiger partial charge on any atom is 0.500 e. The smallest absolute Gasteiger partial charge is 0.374 e. The molecule has 0 aromatic carbocycles. The molecule has 0 aliphatic rings. The Balaban J connectivity index is 3.75. The van der Waals surface area contributed by atoms with Gasteiger partial charge in [-0.25, -0.2) is 0 Å². The third-order valence-corrected chi connectivity index (χ3v) is 25.7. The predicted octanol–water partition coefficient (Wildman–Crippen LogP) is 9.13. The van der Waals surface area contributed by atoms with Crippen molar-refractivity contribution in [1.29, 1.82) is 0 Å². The molecule has 6 nitrogen and oxygen atoms in total. The van der Waals surface area contributed by atoms with Crippen LogP contribution in [0.5, 0.6) is 0 Å². The second kappa shape index (κ2) is 26.2. The van der Waals surface area contributed by atoms with Crippen LogP contribution in [0.15, 0.2) is 0 Å². The molecule has 0 bridgehead atoms. The van der Waals surface area contributed by atoms with Gasteiger partial charge in [0.1, 0.15) is 0 Å². The maximum absolute atomic E-state index is 5.91. The van der Waals surface area contributed by atoms with Crippen molar-refractivity contribution in [2.24, 2.45) is 0 Å². The van der Waals surface area contributed by atoms with E-state index in [0.29, 0.717) is 39.6 Å². The molecule has 16 heteroatoms. The van der Waals surface area contributed by atoms with Crippen LogP contribution in [-0.2, 0) is 26.6 Å². The van der Waals surface area contributed by atoms with Crippen molar-refractivity contribution in [2.45, 2.75) is 66.5 Å². The Labute approximate surface area is 240 Å². The van der Waals surface area contributed by atoms with Gasteiger partial charge in [-0.1, -0.05) is 21.6 Å². The molecule has 0 rings (SSSR count). The lowest BCUT2D eigenvalue weighted by Crippen LogP contribution is -2.46. The first-order valence-corrected chi connectivity index (χ1v) is 26.0. The van der Waals surface area contributed by atoms with Crippen LogP contribution in [-0.4, -0.2) is 68.8 Å². The summed E-state index contributed by atoms with van der Waals surface area (Å²) in [6, 6.07) is 1.77. The molecule has 0 atom stereocenters. The van der Waals surface area contributed by atoms with Crippen molar-refractivity contribution in [3.63, 3.8) is 0 Å². The lowest BCUT2D eigenvalue weighted by molar-refractivity contribution is 0.0704. The fraction of sp³-hybridized carbons (Fsp3) is 1.00. The van der Waals surface area contributed by atoms with Gasteiger partial charge in [0.25, 0.3) is 0 Å². The van der Waals surface area contributed by atoms with E-state index in [9.17, 15) is 0 Å². The SMILES string of the molecule is CCO[Si](CCCSSSSSSSSCCC[Si](OCC)(OCC)OCC)(OCC)OCC. The Bertz CT molecular complexity index is 379. The molecule has 0 saturated carbocycles. The van der Waals surface area contributed by atoms with Crippen LogP contribution < -0.4 is 0 Å². The van der Waals surface area contributed by atoms with Crippen molar-refractivity contribution in [3.8, 4) is 0 Å². The maximum atomic E-state index is 5.91. The van der Waals surface area contributed by atoms with Crippen molar-refractivity contribution in [3.05, 3.63) is 0 Å². The van der Waals surface area contributed by atoms with E-state index in [0.717, 1.165) is 36.4 Å². The predicted molar refractivity (Wildman–Crippen MR) is 171 cm³/mol. The molecule has 0 aromatic rings. The summed E-state index contributed by atoms with van der Waals surface area (Å²) in [5, 5.41) is 0. The van der Waals surface area contributed by atoms with Gasteiger partial charge in [0.2, 0.25) is 0 Å². The van der Waals surface area contributed by atoms with Crippen LogP contribution in [0.3, 0.4) is 0 Å². The largest absolute Gasteiger partial charge is 0.500 e. The van der Waals surface area contributed by atoms with Crippen LogP contribution in [0.1, 0.15) is 54.4 Å². The van der Waals surface area contributed by atoms with Gasteiger partial charge in [-0.15, -0.1) is 0 Å². The van der Waals surface area contributed by atoms with Crippen molar-refractivity contribution in [2.75, 3.05) is 51.1 Å². The van der Waals surface area contributed by atoms with Gasteiger partial charge in [-0.3, -0.25) is 0 Å². The van der Waals surface area contributed by atoms with Crippen LogP contribution in [0, 0.1) is 0 Å². The topological polar surface area (TPSA) is 55.4 Å². The normalized spacial score (nSPS) is 12.5.